The number of nitro groups is 1. The molecule has 2 aromatic rings. The molecule has 5 heteroatoms. The van der Waals surface area contributed by atoms with Gasteiger partial charge in [-0.3, -0.25) is 10.1 Å². The summed E-state index contributed by atoms with van der Waals surface area (Å²) in [7, 11) is 3.08. The number of benzene rings is 2. The van der Waals surface area contributed by atoms with E-state index in [-0.39, 0.29) is 17.0 Å². The van der Waals surface area contributed by atoms with Crippen LogP contribution in [-0.4, -0.2) is 19.1 Å². The van der Waals surface area contributed by atoms with Gasteiger partial charge in [-0.05, 0) is 23.3 Å². The molecule has 2 aromatic carbocycles. The lowest BCUT2D eigenvalue weighted by Crippen LogP contribution is -2.02. The maximum atomic E-state index is 11.3. The van der Waals surface area contributed by atoms with Crippen LogP contribution in [0.15, 0.2) is 54.2 Å². The van der Waals surface area contributed by atoms with Gasteiger partial charge in [-0.15, -0.1) is 0 Å². The minimum absolute atomic E-state index is 0.124. The molecule has 0 radical (unpaired) electrons. The van der Waals surface area contributed by atoms with Crippen molar-refractivity contribution in [2.75, 3.05) is 14.2 Å². The molecule has 5 nitrogen and oxygen atoms in total. The molecule has 0 N–H and O–H groups in total. The first-order valence-electron chi connectivity index (χ1n) is 6.75. The number of hydrogen-bond donors (Lipinski definition) is 0. The molecule has 0 spiro atoms. The maximum Gasteiger partial charge on any atom is 0.251 e. The summed E-state index contributed by atoms with van der Waals surface area (Å²) in [6, 6.07) is 14.5. The zero-order valence-corrected chi connectivity index (χ0v) is 12.5. The van der Waals surface area contributed by atoms with E-state index >= 15 is 0 Å². The molecule has 0 saturated carbocycles. The molecule has 2 rings (SSSR count). The van der Waals surface area contributed by atoms with E-state index in [1.165, 1.54) is 7.11 Å². The smallest absolute Gasteiger partial charge is 0.251 e. The van der Waals surface area contributed by atoms with Gasteiger partial charge in [0.25, 0.3) is 5.70 Å². The molecule has 0 aliphatic rings. The minimum Gasteiger partial charge on any atom is -0.493 e. The van der Waals surface area contributed by atoms with Gasteiger partial charge in [-0.2, -0.15) is 0 Å². The van der Waals surface area contributed by atoms with Crippen LogP contribution in [0.4, 0.5) is 0 Å². The predicted octanol–water partition coefficient (Wildman–Crippen LogP) is 3.56. The number of nitrogens with zero attached hydrogens (tertiary/aromatic N) is 1. The lowest BCUT2D eigenvalue weighted by Gasteiger charge is -2.08. The van der Waals surface area contributed by atoms with Crippen molar-refractivity contribution in [1.29, 1.82) is 0 Å². The van der Waals surface area contributed by atoms with Crippen molar-refractivity contribution >= 4 is 6.08 Å². The fraction of sp³-hybridized carbons (Fsp3) is 0.176. The second-order valence-corrected chi connectivity index (χ2v) is 4.67. The van der Waals surface area contributed by atoms with Crippen LogP contribution in [-0.2, 0) is 6.42 Å². The summed E-state index contributed by atoms with van der Waals surface area (Å²) in [5.74, 6) is 1.13. The number of methoxy groups -OCH3 is 2. The van der Waals surface area contributed by atoms with Crippen LogP contribution < -0.4 is 9.47 Å². The topological polar surface area (TPSA) is 61.6 Å². The van der Waals surface area contributed by atoms with Crippen molar-refractivity contribution in [3.05, 3.63) is 75.5 Å². The van der Waals surface area contributed by atoms with Crippen LogP contribution in [0, 0.1) is 10.1 Å². The summed E-state index contributed by atoms with van der Waals surface area (Å²) >= 11 is 0. The molecule has 0 heterocycles. The average molecular weight is 299 g/mol. The molecule has 0 aliphatic heterocycles. The molecule has 0 aliphatic carbocycles. The van der Waals surface area contributed by atoms with Gasteiger partial charge in [0, 0.05) is 6.08 Å². The highest BCUT2D eigenvalue weighted by Gasteiger charge is 2.13. The van der Waals surface area contributed by atoms with E-state index in [9.17, 15) is 10.1 Å². The normalized spacial score (nSPS) is 11.1. The Morgan fingerprint density at radius 2 is 1.77 bits per heavy atom. The van der Waals surface area contributed by atoms with E-state index in [0.717, 1.165) is 5.56 Å². The van der Waals surface area contributed by atoms with E-state index in [4.69, 9.17) is 9.47 Å². The molecule has 0 aromatic heterocycles. The van der Waals surface area contributed by atoms with Crippen LogP contribution in [0.5, 0.6) is 11.5 Å². The van der Waals surface area contributed by atoms with Gasteiger partial charge in [-0.25, -0.2) is 0 Å². The number of hydrogen-bond acceptors (Lipinski definition) is 4. The third-order valence-electron chi connectivity index (χ3n) is 3.20. The summed E-state index contributed by atoms with van der Waals surface area (Å²) < 4.78 is 10.4. The second kappa shape index (κ2) is 7.26. The van der Waals surface area contributed by atoms with E-state index in [0.29, 0.717) is 17.1 Å². The zero-order valence-electron chi connectivity index (χ0n) is 12.5. The van der Waals surface area contributed by atoms with Crippen molar-refractivity contribution in [3.8, 4) is 11.5 Å². The van der Waals surface area contributed by atoms with Gasteiger partial charge in [0.15, 0.2) is 11.5 Å². The molecule has 0 saturated heterocycles. The fourth-order valence-corrected chi connectivity index (χ4v) is 2.11. The largest absolute Gasteiger partial charge is 0.493 e. The van der Waals surface area contributed by atoms with Crippen molar-refractivity contribution in [2.45, 2.75) is 6.42 Å². The number of allylic oxidation sites excluding steroid dienone is 1. The molecule has 0 fully saturated rings. The highest BCUT2D eigenvalue weighted by molar-refractivity contribution is 5.57. The standard InChI is InChI=1S/C17H17NO4/c1-21-16-9-8-14(12-17(16)22-2)11-15(18(19)20)10-13-6-4-3-5-7-13/h3-9,11-12H,10H2,1-2H3/b15-11+. The highest BCUT2D eigenvalue weighted by atomic mass is 16.6. The van der Waals surface area contributed by atoms with Gasteiger partial charge in [0.1, 0.15) is 0 Å². The predicted molar refractivity (Wildman–Crippen MR) is 84.7 cm³/mol. The quantitative estimate of drug-likeness (QED) is 0.604. The molecular formula is C17H17NO4. The van der Waals surface area contributed by atoms with E-state index < -0.39 is 0 Å². The van der Waals surface area contributed by atoms with Crippen LogP contribution >= 0.6 is 0 Å². The van der Waals surface area contributed by atoms with Gasteiger partial charge in [0.05, 0.1) is 25.6 Å². The van der Waals surface area contributed by atoms with Crippen LogP contribution in [0.2, 0.25) is 0 Å². The van der Waals surface area contributed by atoms with Gasteiger partial charge in [0.2, 0.25) is 0 Å². The maximum absolute atomic E-state index is 11.3. The van der Waals surface area contributed by atoms with Crippen molar-refractivity contribution in [3.63, 3.8) is 0 Å². The molecule has 0 unspecified atom stereocenters. The van der Waals surface area contributed by atoms with Crippen LogP contribution in [0.1, 0.15) is 11.1 Å². The summed E-state index contributed by atoms with van der Waals surface area (Å²) in [6.45, 7) is 0. The second-order valence-electron chi connectivity index (χ2n) is 4.67. The summed E-state index contributed by atoms with van der Waals surface area (Å²) in [4.78, 5) is 10.9. The van der Waals surface area contributed by atoms with Crippen molar-refractivity contribution < 1.29 is 14.4 Å². The summed E-state index contributed by atoms with van der Waals surface area (Å²) in [6.07, 6.45) is 1.82. The number of ether oxygens (including phenoxy) is 2. The Morgan fingerprint density at radius 3 is 2.36 bits per heavy atom. The fourth-order valence-electron chi connectivity index (χ4n) is 2.11. The third-order valence-corrected chi connectivity index (χ3v) is 3.20. The Kier molecular flexibility index (Phi) is 5.14. The van der Waals surface area contributed by atoms with Crippen molar-refractivity contribution in [1.82, 2.24) is 0 Å². The van der Waals surface area contributed by atoms with Crippen LogP contribution in [0.3, 0.4) is 0 Å². The molecule has 22 heavy (non-hydrogen) atoms. The zero-order chi connectivity index (χ0) is 15.9. The Labute approximate surface area is 129 Å². The van der Waals surface area contributed by atoms with E-state index in [2.05, 4.69) is 0 Å². The summed E-state index contributed by atoms with van der Waals surface area (Å²) in [5.41, 5.74) is 1.71. The Hall–Kier alpha value is -2.82. The average Bonchev–Trinajstić information content (AvgIpc) is 2.55. The third kappa shape index (κ3) is 3.85. The Balaban J connectivity index is 2.32. The molecule has 0 bridgehead atoms. The molecular weight excluding hydrogens is 282 g/mol. The van der Waals surface area contributed by atoms with Gasteiger partial charge < -0.3 is 9.47 Å². The van der Waals surface area contributed by atoms with Crippen molar-refractivity contribution in [2.24, 2.45) is 0 Å². The molecule has 0 atom stereocenters. The Morgan fingerprint density at radius 1 is 1.09 bits per heavy atom. The molecule has 0 amide bonds. The molecule has 114 valence electrons. The van der Waals surface area contributed by atoms with E-state index in [1.807, 2.05) is 30.3 Å². The van der Waals surface area contributed by atoms with Gasteiger partial charge >= 0.3 is 0 Å². The van der Waals surface area contributed by atoms with E-state index in [1.54, 1.807) is 31.4 Å². The summed E-state index contributed by atoms with van der Waals surface area (Å²) in [5, 5.41) is 11.3. The highest BCUT2D eigenvalue weighted by Crippen LogP contribution is 2.28. The van der Waals surface area contributed by atoms with Crippen LogP contribution in [0.25, 0.3) is 6.08 Å². The monoisotopic (exact) mass is 299 g/mol. The number of rotatable bonds is 6. The first kappa shape index (κ1) is 15.6. The lowest BCUT2D eigenvalue weighted by molar-refractivity contribution is -0.425. The van der Waals surface area contributed by atoms with Gasteiger partial charge in [-0.1, -0.05) is 36.4 Å². The first-order valence-corrected chi connectivity index (χ1v) is 6.75. The first-order chi connectivity index (χ1) is 10.6. The lowest BCUT2D eigenvalue weighted by atomic mass is 10.1. The SMILES string of the molecule is COc1ccc(/C=C(\Cc2ccccc2)[N+](=O)[O-])cc1OC. The minimum atomic E-state index is -0.357. The Bertz CT molecular complexity index is 680.